The summed E-state index contributed by atoms with van der Waals surface area (Å²) in [6.45, 7) is -0.0888. The van der Waals surface area contributed by atoms with Crippen molar-refractivity contribution in [3.8, 4) is 11.3 Å². The quantitative estimate of drug-likeness (QED) is 0.661. The highest BCUT2D eigenvalue weighted by Crippen LogP contribution is 2.20. The van der Waals surface area contributed by atoms with Gasteiger partial charge in [-0.15, -0.1) is 0 Å². The number of sulfonamides is 1. The third kappa shape index (κ3) is 3.68. The van der Waals surface area contributed by atoms with Crippen molar-refractivity contribution >= 4 is 16.0 Å². The summed E-state index contributed by atoms with van der Waals surface area (Å²) >= 11 is 0. The number of nitrogens with zero attached hydrogens (tertiary/aromatic N) is 2. The third-order valence-corrected chi connectivity index (χ3v) is 5.12. The van der Waals surface area contributed by atoms with E-state index in [1.165, 1.54) is 23.9 Å². The third-order valence-electron chi connectivity index (χ3n) is 3.74. The number of carbonyl (C=O) groups is 1. The largest absolute Gasteiger partial charge is 0.454 e. The molecule has 0 aliphatic rings. The molecule has 1 aromatic carbocycles. The van der Waals surface area contributed by atoms with Crippen LogP contribution >= 0.6 is 0 Å². The van der Waals surface area contributed by atoms with Gasteiger partial charge in [-0.25, -0.2) is 17.9 Å². The fourth-order valence-corrected chi connectivity index (χ4v) is 3.13. The van der Waals surface area contributed by atoms with Crippen LogP contribution in [0.3, 0.4) is 0 Å². The lowest BCUT2D eigenvalue weighted by Crippen LogP contribution is -2.17. The van der Waals surface area contributed by atoms with Crippen molar-refractivity contribution in [1.82, 2.24) is 14.4 Å². The van der Waals surface area contributed by atoms with E-state index in [4.69, 9.17) is 9.26 Å². The Bertz CT molecular complexity index is 1020. The topological polar surface area (TPSA) is 103 Å². The van der Waals surface area contributed by atoms with E-state index in [1.54, 1.807) is 13.1 Å². The fourth-order valence-electron chi connectivity index (χ4n) is 2.33. The van der Waals surface area contributed by atoms with Gasteiger partial charge in [0.15, 0.2) is 5.76 Å². The van der Waals surface area contributed by atoms with Crippen molar-refractivity contribution in [2.45, 2.75) is 11.5 Å². The molecule has 0 saturated heterocycles. The molecule has 3 aromatic rings. The lowest BCUT2D eigenvalue weighted by molar-refractivity contribution is 0.0453. The Morgan fingerprint density at radius 2 is 2.00 bits per heavy atom. The Labute approximate surface area is 150 Å². The van der Waals surface area contributed by atoms with Crippen molar-refractivity contribution in [3.63, 3.8) is 0 Å². The minimum atomic E-state index is -3.63. The zero-order valence-corrected chi connectivity index (χ0v) is 15.0. The van der Waals surface area contributed by atoms with Gasteiger partial charge < -0.3 is 13.8 Å². The first-order valence-corrected chi connectivity index (χ1v) is 9.17. The number of carbonyl (C=O) groups excluding carboxylic acids is 1. The molecule has 136 valence electrons. The van der Waals surface area contributed by atoms with E-state index in [0.717, 1.165) is 5.56 Å². The molecule has 0 aliphatic heterocycles. The summed E-state index contributed by atoms with van der Waals surface area (Å²) in [5, 5.41) is 3.87. The summed E-state index contributed by atoms with van der Waals surface area (Å²) in [4.78, 5) is 12.2. The van der Waals surface area contributed by atoms with Crippen LogP contribution in [-0.4, -0.2) is 31.2 Å². The van der Waals surface area contributed by atoms with E-state index in [2.05, 4.69) is 9.88 Å². The first kappa shape index (κ1) is 17.9. The summed E-state index contributed by atoms with van der Waals surface area (Å²) in [7, 11) is -0.769. The zero-order valence-electron chi connectivity index (χ0n) is 14.2. The molecule has 0 aliphatic carbocycles. The normalized spacial score (nSPS) is 11.5. The standard InChI is InChI=1S/C17H17N3O5S/c1-18-26(22,23)14-9-15(20(2)10-14)17(21)24-11-13-8-16(25-19-13)12-6-4-3-5-7-12/h3-10,18H,11H2,1-2H3. The Kier molecular flexibility index (Phi) is 4.92. The Morgan fingerprint density at radius 1 is 1.27 bits per heavy atom. The molecule has 0 spiro atoms. The summed E-state index contributed by atoms with van der Waals surface area (Å²) in [5.74, 6) is -0.0905. The number of ether oxygens (including phenoxy) is 1. The smallest absolute Gasteiger partial charge is 0.355 e. The highest BCUT2D eigenvalue weighted by Gasteiger charge is 2.20. The second kappa shape index (κ2) is 7.14. The van der Waals surface area contributed by atoms with Crippen LogP contribution in [0, 0.1) is 0 Å². The van der Waals surface area contributed by atoms with Gasteiger partial charge in [0.1, 0.15) is 22.9 Å². The van der Waals surface area contributed by atoms with E-state index >= 15 is 0 Å². The minimum absolute atomic E-state index is 0.0118. The second-order valence-electron chi connectivity index (χ2n) is 5.50. The van der Waals surface area contributed by atoms with E-state index in [1.807, 2.05) is 30.3 Å². The van der Waals surface area contributed by atoms with Gasteiger partial charge in [0.25, 0.3) is 0 Å². The number of rotatable bonds is 6. The predicted molar refractivity (Wildman–Crippen MR) is 92.7 cm³/mol. The van der Waals surface area contributed by atoms with Crippen LogP contribution in [0.15, 0.2) is 58.1 Å². The number of aryl methyl sites for hydroxylation is 1. The molecule has 9 heteroatoms. The van der Waals surface area contributed by atoms with Crippen molar-refractivity contribution in [1.29, 1.82) is 0 Å². The maximum atomic E-state index is 12.2. The van der Waals surface area contributed by atoms with Gasteiger partial charge in [0.05, 0.1) is 0 Å². The average Bonchev–Trinajstić information content (AvgIpc) is 3.27. The highest BCUT2D eigenvalue weighted by molar-refractivity contribution is 7.89. The van der Waals surface area contributed by atoms with E-state index < -0.39 is 16.0 Å². The number of aromatic nitrogens is 2. The van der Waals surface area contributed by atoms with Crippen molar-refractivity contribution in [2.75, 3.05) is 7.05 Å². The molecule has 0 unspecified atom stereocenters. The maximum Gasteiger partial charge on any atom is 0.355 e. The van der Waals surface area contributed by atoms with Crippen LogP contribution in [0.4, 0.5) is 0 Å². The van der Waals surface area contributed by atoms with E-state index in [-0.39, 0.29) is 17.2 Å². The van der Waals surface area contributed by atoms with Gasteiger partial charge in [-0.3, -0.25) is 0 Å². The first-order chi connectivity index (χ1) is 12.4. The number of hydrogen-bond acceptors (Lipinski definition) is 6. The Morgan fingerprint density at radius 3 is 2.69 bits per heavy atom. The minimum Gasteiger partial charge on any atom is -0.454 e. The number of nitrogens with one attached hydrogen (secondary N) is 1. The highest BCUT2D eigenvalue weighted by atomic mass is 32.2. The van der Waals surface area contributed by atoms with Gasteiger partial charge in [-0.05, 0) is 13.1 Å². The monoisotopic (exact) mass is 375 g/mol. The summed E-state index contributed by atoms with van der Waals surface area (Å²) in [5.41, 5.74) is 1.43. The molecular weight excluding hydrogens is 358 g/mol. The van der Waals surface area contributed by atoms with Crippen molar-refractivity contribution in [3.05, 3.63) is 60.0 Å². The number of benzene rings is 1. The average molecular weight is 375 g/mol. The van der Waals surface area contributed by atoms with Crippen LogP contribution < -0.4 is 4.72 Å². The molecule has 0 radical (unpaired) electrons. The molecule has 3 rings (SSSR count). The van der Waals surface area contributed by atoms with Gasteiger partial charge >= 0.3 is 5.97 Å². The molecule has 0 fully saturated rings. The Hall–Kier alpha value is -2.91. The Balaban J connectivity index is 1.69. The fraction of sp³-hybridized carbons (Fsp3) is 0.176. The van der Waals surface area contributed by atoms with Gasteiger partial charge in [0, 0.05) is 24.9 Å². The molecule has 2 heterocycles. The molecule has 0 amide bonds. The first-order valence-electron chi connectivity index (χ1n) is 7.69. The van der Waals surface area contributed by atoms with Crippen LogP contribution in [0.5, 0.6) is 0 Å². The molecule has 0 atom stereocenters. The van der Waals surface area contributed by atoms with E-state index in [0.29, 0.717) is 11.5 Å². The second-order valence-corrected chi connectivity index (χ2v) is 7.39. The number of hydrogen-bond donors (Lipinski definition) is 1. The van der Waals surface area contributed by atoms with Crippen LogP contribution in [0.2, 0.25) is 0 Å². The summed E-state index contributed by atoms with van der Waals surface area (Å²) in [6.07, 6.45) is 1.34. The van der Waals surface area contributed by atoms with E-state index in [9.17, 15) is 13.2 Å². The molecule has 0 bridgehead atoms. The van der Waals surface area contributed by atoms with Crippen molar-refractivity contribution in [2.24, 2.45) is 7.05 Å². The predicted octanol–water partition coefficient (Wildman–Crippen LogP) is 1.95. The van der Waals surface area contributed by atoms with Gasteiger partial charge in [-0.2, -0.15) is 0 Å². The van der Waals surface area contributed by atoms with Crippen LogP contribution in [-0.2, 0) is 28.4 Å². The maximum absolute atomic E-state index is 12.2. The molecule has 26 heavy (non-hydrogen) atoms. The van der Waals surface area contributed by atoms with Gasteiger partial charge in [-0.1, -0.05) is 35.5 Å². The molecular formula is C17H17N3O5S. The van der Waals surface area contributed by atoms with Crippen LogP contribution in [0.1, 0.15) is 16.2 Å². The zero-order chi connectivity index (χ0) is 18.7. The van der Waals surface area contributed by atoms with Crippen LogP contribution in [0.25, 0.3) is 11.3 Å². The SMILES string of the molecule is CNS(=O)(=O)c1cc(C(=O)OCc2cc(-c3ccccc3)on2)n(C)c1. The summed E-state index contributed by atoms with van der Waals surface area (Å²) < 4.78 is 37.7. The molecule has 8 nitrogen and oxygen atoms in total. The van der Waals surface area contributed by atoms with Gasteiger partial charge in [0.2, 0.25) is 10.0 Å². The lowest BCUT2D eigenvalue weighted by Gasteiger charge is -2.02. The molecule has 1 N–H and O–H groups in total. The lowest BCUT2D eigenvalue weighted by atomic mass is 10.2. The number of esters is 1. The molecule has 2 aromatic heterocycles. The molecule has 0 saturated carbocycles. The van der Waals surface area contributed by atoms with Crippen molar-refractivity contribution < 1.29 is 22.5 Å². The summed E-state index contributed by atoms with van der Waals surface area (Å²) in [6, 6.07) is 12.4.